The van der Waals surface area contributed by atoms with Crippen molar-refractivity contribution in [3.8, 4) is 11.5 Å². The Bertz CT molecular complexity index is 596. The lowest BCUT2D eigenvalue weighted by molar-refractivity contribution is -0.139. The third-order valence-electron chi connectivity index (χ3n) is 4.03. The minimum Gasteiger partial charge on any atom is -0.508 e. The van der Waals surface area contributed by atoms with Gasteiger partial charge >= 0.3 is 0 Å². The van der Waals surface area contributed by atoms with Crippen LogP contribution >= 0.6 is 0 Å². The van der Waals surface area contributed by atoms with Crippen LogP contribution in [0.2, 0.25) is 0 Å². The Kier molecular flexibility index (Phi) is 3.04. The van der Waals surface area contributed by atoms with E-state index >= 15 is 0 Å². The van der Waals surface area contributed by atoms with Crippen LogP contribution < -0.4 is 10.1 Å². The molecular weight excluding hydrogens is 272 g/mol. The Morgan fingerprint density at radius 2 is 2.00 bits per heavy atom. The number of likely N-dealkylation sites (tertiary alicyclic amines) is 1. The number of carbonyl (C=O) groups is 2. The van der Waals surface area contributed by atoms with Gasteiger partial charge < -0.3 is 15.2 Å². The summed E-state index contributed by atoms with van der Waals surface area (Å²) in [6, 6.07) is 4.59. The van der Waals surface area contributed by atoms with Gasteiger partial charge in [0.25, 0.3) is 0 Å². The molecule has 0 bridgehead atoms. The maximum Gasteiger partial charge on any atom is 0.229 e. The van der Waals surface area contributed by atoms with Crippen LogP contribution in [0.25, 0.3) is 0 Å². The molecule has 21 heavy (non-hydrogen) atoms. The highest BCUT2D eigenvalue weighted by molar-refractivity contribution is 6.02. The third kappa shape index (κ3) is 2.41. The highest BCUT2D eigenvalue weighted by Gasteiger charge is 2.41. The molecular formula is C15H18N2O4. The second-order valence-electron chi connectivity index (χ2n) is 5.98. The van der Waals surface area contributed by atoms with Crippen molar-refractivity contribution in [2.75, 3.05) is 11.9 Å². The number of benzene rings is 1. The number of hydrogen-bond donors (Lipinski definition) is 2. The Balaban J connectivity index is 1.85. The number of aromatic hydroxyl groups is 1. The summed E-state index contributed by atoms with van der Waals surface area (Å²) in [5.41, 5.74) is 0.0889. The second-order valence-corrected chi connectivity index (χ2v) is 5.98. The molecule has 0 spiro atoms. The Morgan fingerprint density at radius 3 is 2.67 bits per heavy atom. The zero-order valence-electron chi connectivity index (χ0n) is 12.0. The number of fused-ring (bicyclic) bond motifs is 1. The number of phenolic OH excluding ortho intramolecular Hbond substituents is 1. The van der Waals surface area contributed by atoms with E-state index in [1.807, 2.05) is 13.8 Å². The fraction of sp³-hybridized carbons (Fsp3) is 0.467. The van der Waals surface area contributed by atoms with E-state index in [1.165, 1.54) is 4.90 Å². The summed E-state index contributed by atoms with van der Waals surface area (Å²) in [4.78, 5) is 24.8. The molecule has 2 aliphatic heterocycles. The molecule has 1 unspecified atom stereocenters. The molecule has 6 nitrogen and oxygen atoms in total. The number of phenols is 1. The lowest BCUT2D eigenvalue weighted by Gasteiger charge is -2.42. The molecule has 2 heterocycles. The fourth-order valence-electron chi connectivity index (χ4n) is 2.71. The van der Waals surface area contributed by atoms with Gasteiger partial charge in [0.15, 0.2) is 0 Å². The van der Waals surface area contributed by atoms with Crippen LogP contribution in [0.3, 0.4) is 0 Å². The fourth-order valence-corrected chi connectivity index (χ4v) is 2.71. The van der Waals surface area contributed by atoms with Crippen LogP contribution in [0.5, 0.6) is 11.5 Å². The number of amides is 2. The molecule has 0 aliphatic carbocycles. The Labute approximate surface area is 122 Å². The van der Waals surface area contributed by atoms with Gasteiger partial charge in [-0.15, -0.1) is 0 Å². The number of carbonyl (C=O) groups excluding carboxylic acids is 2. The molecule has 1 atom stereocenters. The molecule has 6 heteroatoms. The summed E-state index contributed by atoms with van der Waals surface area (Å²) in [5.74, 6) is 0.503. The van der Waals surface area contributed by atoms with Gasteiger partial charge in [-0.05, 0) is 26.0 Å². The van der Waals surface area contributed by atoms with E-state index in [4.69, 9.17) is 4.74 Å². The molecule has 0 saturated carbocycles. The first-order valence-electron chi connectivity index (χ1n) is 6.98. The lowest BCUT2D eigenvalue weighted by Crippen LogP contribution is -2.55. The molecule has 1 aromatic rings. The molecule has 1 aromatic carbocycles. The molecule has 2 N–H and O–H groups in total. The molecule has 1 fully saturated rings. The molecule has 2 aliphatic rings. The largest absolute Gasteiger partial charge is 0.508 e. The van der Waals surface area contributed by atoms with Crippen LogP contribution in [0.15, 0.2) is 18.2 Å². The van der Waals surface area contributed by atoms with E-state index in [-0.39, 0.29) is 43.0 Å². The summed E-state index contributed by atoms with van der Waals surface area (Å²) in [7, 11) is 0. The van der Waals surface area contributed by atoms with Crippen LogP contribution in [0, 0.1) is 0 Å². The van der Waals surface area contributed by atoms with E-state index in [9.17, 15) is 14.7 Å². The van der Waals surface area contributed by atoms with Crippen LogP contribution in [-0.2, 0) is 9.59 Å². The summed E-state index contributed by atoms with van der Waals surface area (Å²) in [6.45, 7) is 4.08. The molecule has 3 rings (SSSR count). The van der Waals surface area contributed by atoms with Crippen molar-refractivity contribution in [1.82, 2.24) is 4.90 Å². The monoisotopic (exact) mass is 290 g/mol. The zero-order chi connectivity index (χ0) is 15.2. The lowest BCUT2D eigenvalue weighted by atomic mass is 9.95. The van der Waals surface area contributed by atoms with E-state index < -0.39 is 5.60 Å². The number of rotatable bonds is 2. The minimum absolute atomic E-state index is 0.136. The SMILES string of the molecule is CC1(C)Oc2ccc(O)cc2NC1CN1C(=O)CCC1=O. The van der Waals surface area contributed by atoms with Crippen molar-refractivity contribution < 1.29 is 19.4 Å². The minimum atomic E-state index is -0.576. The second kappa shape index (κ2) is 4.65. The average Bonchev–Trinajstić information content (AvgIpc) is 2.71. The van der Waals surface area contributed by atoms with Crippen LogP contribution in [-0.4, -0.2) is 40.0 Å². The maximum atomic E-state index is 11.8. The van der Waals surface area contributed by atoms with Gasteiger partial charge in [-0.1, -0.05) is 0 Å². The van der Waals surface area contributed by atoms with Gasteiger partial charge in [-0.25, -0.2) is 0 Å². The summed E-state index contributed by atoms with van der Waals surface area (Å²) >= 11 is 0. The Morgan fingerprint density at radius 1 is 1.33 bits per heavy atom. The van der Waals surface area contributed by atoms with Crippen molar-refractivity contribution in [1.29, 1.82) is 0 Å². The normalized spacial score (nSPS) is 23.5. The van der Waals surface area contributed by atoms with E-state index in [0.717, 1.165) is 0 Å². The Hall–Kier alpha value is -2.24. The predicted octanol–water partition coefficient (Wildman–Crippen LogP) is 1.49. The average molecular weight is 290 g/mol. The number of hydrogen-bond acceptors (Lipinski definition) is 5. The standard InChI is InChI=1S/C15H18N2O4/c1-15(2)12(8-17-13(19)5-6-14(17)20)16-10-7-9(18)3-4-11(10)21-15/h3-4,7,12,16,18H,5-6,8H2,1-2H3. The van der Waals surface area contributed by atoms with Gasteiger partial charge in [0.05, 0.1) is 18.3 Å². The van der Waals surface area contributed by atoms with E-state index in [2.05, 4.69) is 5.32 Å². The van der Waals surface area contributed by atoms with Crippen molar-refractivity contribution in [2.45, 2.75) is 38.3 Å². The van der Waals surface area contributed by atoms with E-state index in [1.54, 1.807) is 18.2 Å². The quantitative estimate of drug-likeness (QED) is 0.807. The molecule has 1 saturated heterocycles. The topological polar surface area (TPSA) is 78.9 Å². The number of nitrogens with one attached hydrogen (secondary N) is 1. The number of imide groups is 1. The number of ether oxygens (including phenoxy) is 1. The predicted molar refractivity (Wildman–Crippen MR) is 76.2 cm³/mol. The zero-order valence-corrected chi connectivity index (χ0v) is 12.0. The van der Waals surface area contributed by atoms with Gasteiger partial charge in [-0.3, -0.25) is 14.5 Å². The van der Waals surface area contributed by atoms with Crippen molar-refractivity contribution >= 4 is 17.5 Å². The number of nitrogens with zero attached hydrogens (tertiary/aromatic N) is 1. The molecule has 0 aromatic heterocycles. The molecule has 112 valence electrons. The maximum absolute atomic E-state index is 11.8. The van der Waals surface area contributed by atoms with Gasteiger partial charge in [-0.2, -0.15) is 0 Å². The third-order valence-corrected chi connectivity index (χ3v) is 4.03. The first-order chi connectivity index (χ1) is 9.87. The first kappa shape index (κ1) is 13.7. The van der Waals surface area contributed by atoms with E-state index in [0.29, 0.717) is 11.4 Å². The summed E-state index contributed by atoms with van der Waals surface area (Å²) in [6.07, 6.45) is 0.564. The number of anilines is 1. The first-order valence-corrected chi connectivity index (χ1v) is 6.98. The highest BCUT2D eigenvalue weighted by Crippen LogP contribution is 2.38. The van der Waals surface area contributed by atoms with Crippen molar-refractivity contribution in [3.05, 3.63) is 18.2 Å². The van der Waals surface area contributed by atoms with Crippen LogP contribution in [0.1, 0.15) is 26.7 Å². The van der Waals surface area contributed by atoms with Crippen molar-refractivity contribution in [3.63, 3.8) is 0 Å². The van der Waals surface area contributed by atoms with Crippen molar-refractivity contribution in [2.24, 2.45) is 0 Å². The van der Waals surface area contributed by atoms with Gasteiger partial charge in [0.1, 0.15) is 17.1 Å². The van der Waals surface area contributed by atoms with Gasteiger partial charge in [0.2, 0.25) is 11.8 Å². The summed E-state index contributed by atoms with van der Waals surface area (Å²) < 4.78 is 5.94. The molecule has 2 amide bonds. The molecule has 0 radical (unpaired) electrons. The smallest absolute Gasteiger partial charge is 0.229 e. The van der Waals surface area contributed by atoms with Gasteiger partial charge in [0, 0.05) is 18.9 Å². The summed E-state index contributed by atoms with van der Waals surface area (Å²) in [5, 5.41) is 12.8. The van der Waals surface area contributed by atoms with Crippen LogP contribution in [0.4, 0.5) is 5.69 Å². The highest BCUT2D eigenvalue weighted by atomic mass is 16.5.